The molecule has 1 aliphatic rings. The Kier molecular flexibility index (Phi) is 6.21. The van der Waals surface area contributed by atoms with Gasteiger partial charge in [-0.25, -0.2) is 9.97 Å². The van der Waals surface area contributed by atoms with Gasteiger partial charge in [0.1, 0.15) is 4.88 Å². The molecule has 4 N–H and O–H groups in total. The first-order valence-electron chi connectivity index (χ1n) is 8.94. The van der Waals surface area contributed by atoms with Gasteiger partial charge < -0.3 is 25.7 Å². The number of carbonyl (C=O) groups is 2. The lowest BCUT2D eigenvalue weighted by atomic mass is 10.0. The van der Waals surface area contributed by atoms with E-state index in [9.17, 15) is 9.59 Å². The molecule has 3 heterocycles. The van der Waals surface area contributed by atoms with Crippen molar-refractivity contribution in [2.75, 3.05) is 25.1 Å². The molecule has 0 radical (unpaired) electrons. The number of amides is 2. The highest BCUT2D eigenvalue weighted by molar-refractivity contribution is 7.17. The molecule has 0 unspecified atom stereocenters. The van der Waals surface area contributed by atoms with Crippen LogP contribution in [0.25, 0.3) is 0 Å². The minimum absolute atomic E-state index is 0.181. The Morgan fingerprint density at radius 2 is 2.21 bits per heavy atom. The fourth-order valence-electron chi connectivity index (χ4n) is 3.21. The fraction of sp³-hybridized carbons (Fsp3) is 0.529. The molecular weight excluding hydrogens is 404 g/mol. The predicted molar refractivity (Wildman–Crippen MR) is 107 cm³/mol. The van der Waals surface area contributed by atoms with Gasteiger partial charge >= 0.3 is 0 Å². The maximum atomic E-state index is 12.5. The van der Waals surface area contributed by atoms with Crippen LogP contribution >= 0.6 is 22.9 Å². The van der Waals surface area contributed by atoms with Crippen LogP contribution in [0.4, 0.5) is 5.13 Å². The largest absolute Gasteiger partial charge is 0.377 e. The fourth-order valence-corrected chi connectivity index (χ4v) is 4.43. The number of imidazole rings is 1. The lowest BCUT2D eigenvalue weighted by Gasteiger charge is -2.37. The molecule has 2 atom stereocenters. The minimum Gasteiger partial charge on any atom is -0.377 e. The van der Waals surface area contributed by atoms with E-state index in [1.807, 2.05) is 11.8 Å². The molecule has 0 spiro atoms. The van der Waals surface area contributed by atoms with Gasteiger partial charge in [0, 0.05) is 20.2 Å². The number of methoxy groups -OCH3 is 1. The Balaban J connectivity index is 1.68. The van der Waals surface area contributed by atoms with Gasteiger partial charge in [0.05, 0.1) is 23.5 Å². The van der Waals surface area contributed by atoms with Crippen LogP contribution in [-0.2, 0) is 11.2 Å². The number of aromatic amines is 1. The van der Waals surface area contributed by atoms with Crippen molar-refractivity contribution in [3.63, 3.8) is 0 Å². The van der Waals surface area contributed by atoms with E-state index in [4.69, 9.17) is 22.1 Å². The number of carbonyl (C=O) groups excluding carboxylic acids is 2. The number of hydrogen-bond acceptors (Lipinski definition) is 7. The summed E-state index contributed by atoms with van der Waals surface area (Å²) in [6.07, 6.45) is 1.08. The summed E-state index contributed by atoms with van der Waals surface area (Å²) in [5.74, 6) is -0.598. The molecule has 152 valence electrons. The second-order valence-corrected chi connectivity index (χ2v) is 7.91. The lowest BCUT2D eigenvalue weighted by Crippen LogP contribution is -2.55. The Bertz CT molecular complexity index is 882. The Labute approximate surface area is 171 Å². The van der Waals surface area contributed by atoms with E-state index in [1.165, 1.54) is 11.3 Å². The third-order valence-electron chi connectivity index (χ3n) is 4.75. The molecule has 2 amide bonds. The highest BCUT2D eigenvalue weighted by Gasteiger charge is 2.33. The van der Waals surface area contributed by atoms with Crippen LogP contribution < -0.4 is 16.0 Å². The number of aryl methyl sites for hydroxylation is 2. The normalized spacial score (nSPS) is 19.6. The number of H-pyrrole nitrogens is 1. The SMILES string of the molecule is CCc1[nH]c(C(=O)N[C@@H]2CCN(c3nc(C)c(C(N)=O)s3)C[C@@H]2OC)nc1Cl. The average molecular weight is 427 g/mol. The Morgan fingerprint density at radius 3 is 2.79 bits per heavy atom. The van der Waals surface area contributed by atoms with Crippen molar-refractivity contribution in [1.82, 2.24) is 20.3 Å². The number of thiazole rings is 1. The zero-order valence-electron chi connectivity index (χ0n) is 15.9. The first-order chi connectivity index (χ1) is 13.3. The molecule has 0 bridgehead atoms. The Hall–Kier alpha value is -2.17. The number of nitrogens with zero attached hydrogens (tertiary/aromatic N) is 3. The van der Waals surface area contributed by atoms with Gasteiger partial charge in [-0.1, -0.05) is 29.9 Å². The van der Waals surface area contributed by atoms with Crippen LogP contribution in [0.2, 0.25) is 5.15 Å². The van der Waals surface area contributed by atoms with Gasteiger partial charge in [0.2, 0.25) is 0 Å². The van der Waals surface area contributed by atoms with Crippen molar-refractivity contribution in [2.45, 2.75) is 38.8 Å². The summed E-state index contributed by atoms with van der Waals surface area (Å²) in [6.45, 7) is 4.89. The smallest absolute Gasteiger partial charge is 0.287 e. The van der Waals surface area contributed by atoms with Gasteiger partial charge in [0.25, 0.3) is 11.8 Å². The van der Waals surface area contributed by atoms with E-state index < -0.39 is 5.91 Å². The minimum atomic E-state index is -0.477. The molecule has 3 rings (SSSR count). The number of hydrogen-bond donors (Lipinski definition) is 3. The van der Waals surface area contributed by atoms with Crippen LogP contribution in [0.5, 0.6) is 0 Å². The molecular formula is C17H23ClN6O3S. The topological polar surface area (TPSA) is 126 Å². The molecule has 11 heteroatoms. The number of ether oxygens (including phenoxy) is 1. The van der Waals surface area contributed by atoms with E-state index in [2.05, 4.69) is 20.3 Å². The molecule has 0 aliphatic carbocycles. The summed E-state index contributed by atoms with van der Waals surface area (Å²) in [5.41, 5.74) is 6.74. The highest BCUT2D eigenvalue weighted by atomic mass is 35.5. The summed E-state index contributed by atoms with van der Waals surface area (Å²) in [5, 5.41) is 4.01. The standard InChI is InChI=1S/C17H23ClN6O3S/c1-4-9-13(18)23-15(21-9)16(26)22-10-5-6-24(7-11(10)27-3)17-20-8(2)12(28-17)14(19)25/h10-11H,4-7H2,1-3H3,(H2,19,25)(H,21,23)(H,22,26)/t10-,11+/m1/s1. The number of aromatic nitrogens is 3. The van der Waals surface area contributed by atoms with E-state index >= 15 is 0 Å². The van der Waals surface area contributed by atoms with E-state index in [1.54, 1.807) is 14.0 Å². The summed E-state index contributed by atoms with van der Waals surface area (Å²) in [7, 11) is 1.61. The van der Waals surface area contributed by atoms with Crippen molar-refractivity contribution in [3.05, 3.63) is 27.2 Å². The van der Waals surface area contributed by atoms with Crippen molar-refractivity contribution in [2.24, 2.45) is 5.73 Å². The van der Waals surface area contributed by atoms with Crippen molar-refractivity contribution < 1.29 is 14.3 Å². The van der Waals surface area contributed by atoms with E-state index in [-0.39, 0.29) is 23.9 Å². The van der Waals surface area contributed by atoms with Crippen molar-refractivity contribution in [3.8, 4) is 0 Å². The maximum absolute atomic E-state index is 12.5. The van der Waals surface area contributed by atoms with Gasteiger partial charge in [-0.15, -0.1) is 0 Å². The zero-order chi connectivity index (χ0) is 20.4. The van der Waals surface area contributed by atoms with E-state index in [0.29, 0.717) is 41.7 Å². The zero-order valence-corrected chi connectivity index (χ0v) is 17.5. The summed E-state index contributed by atoms with van der Waals surface area (Å²) < 4.78 is 5.60. The molecule has 2 aromatic rings. The van der Waals surface area contributed by atoms with Crippen LogP contribution in [0.3, 0.4) is 0 Å². The van der Waals surface area contributed by atoms with Gasteiger partial charge in [-0.2, -0.15) is 0 Å². The number of primary amides is 1. The van der Waals surface area contributed by atoms with E-state index in [0.717, 1.165) is 10.8 Å². The first-order valence-corrected chi connectivity index (χ1v) is 10.1. The third-order valence-corrected chi connectivity index (χ3v) is 6.30. The number of nitrogens with one attached hydrogen (secondary N) is 2. The molecule has 0 aromatic carbocycles. The second kappa shape index (κ2) is 8.46. The monoisotopic (exact) mass is 426 g/mol. The van der Waals surface area contributed by atoms with Crippen LogP contribution in [0.1, 0.15) is 45.0 Å². The van der Waals surface area contributed by atoms with Crippen LogP contribution in [0.15, 0.2) is 0 Å². The maximum Gasteiger partial charge on any atom is 0.287 e. The first kappa shape index (κ1) is 20.6. The lowest BCUT2D eigenvalue weighted by molar-refractivity contribution is 0.0538. The predicted octanol–water partition coefficient (Wildman–Crippen LogP) is 1.51. The van der Waals surface area contributed by atoms with Crippen LogP contribution in [-0.4, -0.2) is 59.1 Å². The highest BCUT2D eigenvalue weighted by Crippen LogP contribution is 2.29. The molecule has 1 fully saturated rings. The molecule has 2 aromatic heterocycles. The third kappa shape index (κ3) is 4.13. The summed E-state index contributed by atoms with van der Waals surface area (Å²) in [4.78, 5) is 38.0. The summed E-state index contributed by atoms with van der Waals surface area (Å²) in [6, 6.07) is -0.181. The van der Waals surface area contributed by atoms with Gasteiger partial charge in [-0.3, -0.25) is 9.59 Å². The molecule has 0 saturated carbocycles. The average Bonchev–Trinajstić information content (AvgIpc) is 3.24. The Morgan fingerprint density at radius 1 is 1.46 bits per heavy atom. The number of rotatable bonds is 6. The second-order valence-electron chi connectivity index (χ2n) is 6.57. The quantitative estimate of drug-likeness (QED) is 0.642. The number of nitrogens with two attached hydrogens (primary N) is 1. The van der Waals surface area contributed by atoms with Gasteiger partial charge in [0.15, 0.2) is 16.1 Å². The molecule has 28 heavy (non-hydrogen) atoms. The summed E-state index contributed by atoms with van der Waals surface area (Å²) >= 11 is 7.29. The molecule has 9 nitrogen and oxygen atoms in total. The van der Waals surface area contributed by atoms with Crippen LogP contribution in [0, 0.1) is 6.92 Å². The number of halogens is 1. The van der Waals surface area contributed by atoms with Gasteiger partial charge in [-0.05, 0) is 19.8 Å². The molecule has 1 aliphatic heterocycles. The number of piperidine rings is 1. The molecule has 1 saturated heterocycles. The van der Waals surface area contributed by atoms with Crippen molar-refractivity contribution >= 4 is 39.9 Å². The van der Waals surface area contributed by atoms with Crippen molar-refractivity contribution in [1.29, 1.82) is 0 Å². The number of anilines is 1.